The van der Waals surface area contributed by atoms with E-state index in [-0.39, 0.29) is 11.9 Å². The molecule has 0 saturated heterocycles. The van der Waals surface area contributed by atoms with Crippen LogP contribution < -0.4 is 4.74 Å². The lowest BCUT2D eigenvalue weighted by Crippen LogP contribution is -2.35. The predicted octanol–water partition coefficient (Wildman–Crippen LogP) is 4.42. The van der Waals surface area contributed by atoms with Crippen LogP contribution in [0.4, 0.5) is 0 Å². The first-order valence-electron chi connectivity index (χ1n) is 9.36. The summed E-state index contributed by atoms with van der Waals surface area (Å²) in [6.07, 6.45) is 4.89. The number of rotatable bonds is 7. The molecule has 1 amide bonds. The SMILES string of the molecule is CC(C)C[C@H](C)N(C)C(=O)c1cccc(OCc2cn3ccccc3n2)c1. The van der Waals surface area contributed by atoms with Gasteiger partial charge >= 0.3 is 0 Å². The Bertz CT molecular complexity index is 884. The molecule has 1 atom stereocenters. The molecule has 0 N–H and O–H groups in total. The maximum Gasteiger partial charge on any atom is 0.253 e. The van der Waals surface area contributed by atoms with Crippen molar-refractivity contribution < 1.29 is 9.53 Å². The summed E-state index contributed by atoms with van der Waals surface area (Å²) in [6, 6.07) is 13.4. The fraction of sp³-hybridized carbons (Fsp3) is 0.364. The summed E-state index contributed by atoms with van der Waals surface area (Å²) in [5, 5.41) is 0. The quantitative estimate of drug-likeness (QED) is 0.623. The molecule has 0 fully saturated rings. The van der Waals surface area contributed by atoms with Crippen molar-refractivity contribution in [1.82, 2.24) is 14.3 Å². The molecule has 1 aromatic carbocycles. The lowest BCUT2D eigenvalue weighted by molar-refractivity contribution is 0.0727. The summed E-state index contributed by atoms with van der Waals surface area (Å²) in [6.45, 7) is 6.78. The van der Waals surface area contributed by atoms with Crippen molar-refractivity contribution in [1.29, 1.82) is 0 Å². The molecule has 142 valence electrons. The van der Waals surface area contributed by atoms with Crippen molar-refractivity contribution in [3.05, 3.63) is 66.1 Å². The van der Waals surface area contributed by atoms with E-state index in [4.69, 9.17) is 4.74 Å². The molecule has 2 heterocycles. The van der Waals surface area contributed by atoms with Crippen LogP contribution in [0.25, 0.3) is 5.65 Å². The van der Waals surface area contributed by atoms with Gasteiger partial charge in [0.1, 0.15) is 18.0 Å². The number of fused-ring (bicyclic) bond motifs is 1. The van der Waals surface area contributed by atoms with E-state index in [9.17, 15) is 4.79 Å². The molecule has 0 aliphatic heterocycles. The minimum Gasteiger partial charge on any atom is -0.487 e. The minimum atomic E-state index is 0.0151. The Morgan fingerprint density at radius 1 is 1.19 bits per heavy atom. The van der Waals surface area contributed by atoms with Gasteiger partial charge in [-0.3, -0.25) is 4.79 Å². The predicted molar refractivity (Wildman–Crippen MR) is 107 cm³/mol. The number of nitrogens with zero attached hydrogens (tertiary/aromatic N) is 3. The van der Waals surface area contributed by atoms with Gasteiger partial charge in [0, 0.05) is 31.0 Å². The van der Waals surface area contributed by atoms with Crippen molar-refractivity contribution >= 4 is 11.6 Å². The highest BCUT2D eigenvalue weighted by Crippen LogP contribution is 2.18. The Hall–Kier alpha value is -2.82. The van der Waals surface area contributed by atoms with E-state index in [1.165, 1.54) is 0 Å². The molecule has 0 spiro atoms. The topological polar surface area (TPSA) is 46.8 Å². The molecule has 0 aliphatic carbocycles. The van der Waals surface area contributed by atoms with Gasteiger partial charge in [0.05, 0.1) is 5.69 Å². The van der Waals surface area contributed by atoms with Gasteiger partial charge in [0.2, 0.25) is 0 Å². The summed E-state index contributed by atoms with van der Waals surface area (Å²) in [5.41, 5.74) is 2.38. The largest absolute Gasteiger partial charge is 0.487 e. The number of pyridine rings is 1. The summed E-state index contributed by atoms with van der Waals surface area (Å²) in [5.74, 6) is 1.24. The fourth-order valence-corrected chi connectivity index (χ4v) is 3.18. The number of carbonyl (C=O) groups is 1. The first-order valence-corrected chi connectivity index (χ1v) is 9.36. The van der Waals surface area contributed by atoms with Crippen molar-refractivity contribution in [3.63, 3.8) is 0 Å². The normalized spacial score (nSPS) is 12.3. The van der Waals surface area contributed by atoms with Crippen LogP contribution >= 0.6 is 0 Å². The van der Waals surface area contributed by atoms with Crippen LogP contribution in [0.5, 0.6) is 5.75 Å². The maximum atomic E-state index is 12.8. The third-order valence-corrected chi connectivity index (χ3v) is 4.68. The molecular formula is C22H27N3O2. The van der Waals surface area contributed by atoms with Gasteiger partial charge in [-0.1, -0.05) is 26.0 Å². The standard InChI is InChI=1S/C22H27N3O2/c1-16(2)12-17(3)24(4)22(26)18-8-7-9-20(13-18)27-15-19-14-25-11-6-5-10-21(25)23-19/h5-11,13-14,16-17H,12,15H2,1-4H3/t17-/m0/s1. The fourth-order valence-electron chi connectivity index (χ4n) is 3.18. The number of benzene rings is 1. The number of carbonyl (C=O) groups excluding carboxylic acids is 1. The van der Waals surface area contributed by atoms with Gasteiger partial charge in [-0.25, -0.2) is 4.98 Å². The van der Waals surface area contributed by atoms with E-state index < -0.39 is 0 Å². The lowest BCUT2D eigenvalue weighted by atomic mass is 10.0. The molecule has 3 aromatic rings. The summed E-state index contributed by atoms with van der Waals surface area (Å²) < 4.78 is 7.83. The second-order valence-corrected chi connectivity index (χ2v) is 7.41. The zero-order valence-corrected chi connectivity index (χ0v) is 16.4. The Balaban J connectivity index is 1.66. The zero-order valence-electron chi connectivity index (χ0n) is 16.4. The van der Waals surface area contributed by atoms with E-state index in [0.717, 1.165) is 17.8 Å². The Morgan fingerprint density at radius 2 is 2.00 bits per heavy atom. The molecule has 3 rings (SSSR count). The molecule has 27 heavy (non-hydrogen) atoms. The first-order chi connectivity index (χ1) is 12.9. The number of hydrogen-bond acceptors (Lipinski definition) is 3. The highest BCUT2D eigenvalue weighted by molar-refractivity contribution is 5.94. The highest BCUT2D eigenvalue weighted by Gasteiger charge is 2.18. The monoisotopic (exact) mass is 365 g/mol. The third-order valence-electron chi connectivity index (χ3n) is 4.68. The molecule has 0 bridgehead atoms. The van der Waals surface area contributed by atoms with Crippen LogP contribution in [0.15, 0.2) is 54.9 Å². The van der Waals surface area contributed by atoms with Crippen LogP contribution in [0, 0.1) is 5.92 Å². The number of hydrogen-bond donors (Lipinski definition) is 0. The van der Waals surface area contributed by atoms with Gasteiger partial charge < -0.3 is 14.0 Å². The number of aromatic nitrogens is 2. The second kappa shape index (κ2) is 8.25. The summed E-state index contributed by atoms with van der Waals surface area (Å²) in [4.78, 5) is 19.1. The smallest absolute Gasteiger partial charge is 0.253 e. The Morgan fingerprint density at radius 3 is 2.74 bits per heavy atom. The molecule has 0 saturated carbocycles. The van der Waals surface area contributed by atoms with Crippen LogP contribution in [-0.4, -0.2) is 33.3 Å². The molecular weight excluding hydrogens is 338 g/mol. The van der Waals surface area contributed by atoms with Crippen molar-refractivity contribution in [3.8, 4) is 5.75 Å². The van der Waals surface area contributed by atoms with E-state index in [1.54, 1.807) is 11.0 Å². The number of ether oxygens (including phenoxy) is 1. The van der Waals surface area contributed by atoms with E-state index in [2.05, 4.69) is 25.8 Å². The number of imidazole rings is 1. The molecule has 0 unspecified atom stereocenters. The lowest BCUT2D eigenvalue weighted by Gasteiger charge is -2.26. The Kier molecular flexibility index (Phi) is 5.79. The van der Waals surface area contributed by atoms with Crippen LogP contribution in [-0.2, 0) is 6.61 Å². The average molecular weight is 365 g/mol. The van der Waals surface area contributed by atoms with Gasteiger partial charge in [-0.05, 0) is 49.6 Å². The summed E-state index contributed by atoms with van der Waals surface area (Å²) in [7, 11) is 1.86. The van der Waals surface area contributed by atoms with E-state index >= 15 is 0 Å². The van der Waals surface area contributed by atoms with Gasteiger partial charge in [-0.15, -0.1) is 0 Å². The number of amides is 1. The second-order valence-electron chi connectivity index (χ2n) is 7.41. The highest BCUT2D eigenvalue weighted by atomic mass is 16.5. The van der Waals surface area contributed by atoms with Gasteiger partial charge in [0.15, 0.2) is 0 Å². The molecule has 5 nitrogen and oxygen atoms in total. The van der Waals surface area contributed by atoms with Crippen molar-refractivity contribution in [2.75, 3.05) is 7.05 Å². The van der Waals surface area contributed by atoms with Gasteiger partial charge in [-0.2, -0.15) is 0 Å². The van der Waals surface area contributed by atoms with Crippen LogP contribution in [0.1, 0.15) is 43.2 Å². The van der Waals surface area contributed by atoms with Crippen molar-refractivity contribution in [2.45, 2.75) is 39.8 Å². The summed E-state index contributed by atoms with van der Waals surface area (Å²) >= 11 is 0. The van der Waals surface area contributed by atoms with E-state index in [0.29, 0.717) is 23.8 Å². The van der Waals surface area contributed by atoms with Crippen LogP contribution in [0.2, 0.25) is 0 Å². The van der Waals surface area contributed by atoms with Crippen molar-refractivity contribution in [2.24, 2.45) is 5.92 Å². The molecule has 0 radical (unpaired) electrons. The average Bonchev–Trinajstić information content (AvgIpc) is 3.08. The maximum absolute atomic E-state index is 12.8. The Labute approximate surface area is 160 Å². The first kappa shape index (κ1) is 19.0. The zero-order chi connectivity index (χ0) is 19.4. The molecule has 0 aliphatic rings. The minimum absolute atomic E-state index is 0.0151. The van der Waals surface area contributed by atoms with Gasteiger partial charge in [0.25, 0.3) is 5.91 Å². The third kappa shape index (κ3) is 4.67. The van der Waals surface area contributed by atoms with Crippen LogP contribution in [0.3, 0.4) is 0 Å². The molecule has 2 aromatic heterocycles. The molecule has 5 heteroatoms. The van der Waals surface area contributed by atoms with E-state index in [1.807, 2.05) is 60.2 Å².